The standard InChI is InChI=1S/C17H21BrN2S/c1-4-19-17(16-20-11(2)12(3)21-16)8-7-13-9-15(18)6-5-14(13)10-17/h5-6,9,19H,4,7-8,10H2,1-3H3. The fraction of sp³-hybridized carbons (Fsp3) is 0.471. The average Bonchev–Trinajstić information content (AvgIpc) is 2.80. The molecular formula is C17H21BrN2S. The first-order chi connectivity index (χ1) is 10.0. The van der Waals surface area contributed by atoms with Crippen LogP contribution in [0, 0.1) is 13.8 Å². The third kappa shape index (κ3) is 2.81. The van der Waals surface area contributed by atoms with Crippen LogP contribution in [0.5, 0.6) is 0 Å². The van der Waals surface area contributed by atoms with Gasteiger partial charge in [-0.2, -0.15) is 0 Å². The molecule has 21 heavy (non-hydrogen) atoms. The van der Waals surface area contributed by atoms with E-state index >= 15 is 0 Å². The summed E-state index contributed by atoms with van der Waals surface area (Å²) in [5.41, 5.74) is 4.12. The van der Waals surface area contributed by atoms with E-state index in [1.54, 1.807) is 0 Å². The molecule has 1 atom stereocenters. The van der Waals surface area contributed by atoms with E-state index in [1.807, 2.05) is 11.3 Å². The second kappa shape index (κ2) is 5.82. The van der Waals surface area contributed by atoms with E-state index in [9.17, 15) is 0 Å². The van der Waals surface area contributed by atoms with Crippen LogP contribution in [0.15, 0.2) is 22.7 Å². The lowest BCUT2D eigenvalue weighted by Gasteiger charge is -2.37. The Morgan fingerprint density at radius 1 is 1.33 bits per heavy atom. The maximum atomic E-state index is 4.86. The number of thiazole rings is 1. The van der Waals surface area contributed by atoms with Crippen molar-refractivity contribution in [1.82, 2.24) is 10.3 Å². The van der Waals surface area contributed by atoms with Gasteiger partial charge in [0.2, 0.25) is 0 Å². The number of halogens is 1. The van der Waals surface area contributed by atoms with Crippen molar-refractivity contribution in [3.8, 4) is 0 Å². The Hall–Kier alpha value is -0.710. The molecule has 112 valence electrons. The van der Waals surface area contributed by atoms with Crippen molar-refractivity contribution in [1.29, 1.82) is 0 Å². The van der Waals surface area contributed by atoms with E-state index in [-0.39, 0.29) is 5.54 Å². The second-order valence-electron chi connectivity index (χ2n) is 5.86. The Balaban J connectivity index is 2.01. The molecular weight excluding hydrogens is 344 g/mol. The van der Waals surface area contributed by atoms with Gasteiger partial charge in [0, 0.05) is 9.35 Å². The van der Waals surface area contributed by atoms with Crippen LogP contribution in [-0.4, -0.2) is 11.5 Å². The third-order valence-corrected chi connectivity index (χ3v) is 6.20. The molecule has 0 saturated heterocycles. The van der Waals surface area contributed by atoms with Crippen molar-refractivity contribution in [2.45, 2.75) is 45.6 Å². The van der Waals surface area contributed by atoms with Crippen LogP contribution >= 0.6 is 27.3 Å². The van der Waals surface area contributed by atoms with Crippen molar-refractivity contribution >= 4 is 27.3 Å². The van der Waals surface area contributed by atoms with Crippen molar-refractivity contribution in [3.63, 3.8) is 0 Å². The maximum absolute atomic E-state index is 4.86. The molecule has 0 saturated carbocycles. The largest absolute Gasteiger partial charge is 0.305 e. The summed E-state index contributed by atoms with van der Waals surface area (Å²) in [5.74, 6) is 0. The van der Waals surface area contributed by atoms with Crippen LogP contribution in [0.4, 0.5) is 0 Å². The van der Waals surface area contributed by atoms with Crippen molar-refractivity contribution in [2.75, 3.05) is 6.54 Å². The van der Waals surface area contributed by atoms with Crippen LogP contribution in [0.2, 0.25) is 0 Å². The molecule has 3 rings (SSSR count). The smallest absolute Gasteiger partial charge is 0.114 e. The van der Waals surface area contributed by atoms with Gasteiger partial charge in [-0.25, -0.2) is 4.98 Å². The third-order valence-electron chi connectivity index (χ3n) is 4.43. The number of hydrogen-bond donors (Lipinski definition) is 1. The number of benzene rings is 1. The quantitative estimate of drug-likeness (QED) is 0.865. The highest BCUT2D eigenvalue weighted by Gasteiger charge is 2.38. The normalized spacial score (nSPS) is 21.3. The van der Waals surface area contributed by atoms with Crippen LogP contribution < -0.4 is 5.32 Å². The number of hydrogen-bond acceptors (Lipinski definition) is 3. The number of aryl methyl sites for hydroxylation is 3. The molecule has 1 heterocycles. The molecule has 2 nitrogen and oxygen atoms in total. The zero-order chi connectivity index (χ0) is 15.0. The molecule has 0 amide bonds. The molecule has 1 aromatic heterocycles. The Morgan fingerprint density at radius 3 is 2.81 bits per heavy atom. The first kappa shape index (κ1) is 15.2. The van der Waals surface area contributed by atoms with Gasteiger partial charge in [-0.1, -0.05) is 28.9 Å². The first-order valence-electron chi connectivity index (χ1n) is 7.51. The fourth-order valence-corrected chi connectivity index (χ4v) is 4.70. The van der Waals surface area contributed by atoms with Gasteiger partial charge in [0.25, 0.3) is 0 Å². The first-order valence-corrected chi connectivity index (χ1v) is 9.12. The summed E-state index contributed by atoms with van der Waals surface area (Å²) in [4.78, 5) is 6.20. The topological polar surface area (TPSA) is 24.9 Å². The lowest BCUT2D eigenvalue weighted by molar-refractivity contribution is 0.296. The predicted molar refractivity (Wildman–Crippen MR) is 93.1 cm³/mol. The molecule has 1 aromatic carbocycles. The van der Waals surface area contributed by atoms with Gasteiger partial charge < -0.3 is 5.32 Å². The number of likely N-dealkylation sites (N-methyl/N-ethyl adjacent to an activating group) is 1. The number of nitrogens with zero attached hydrogens (tertiary/aromatic N) is 1. The SMILES string of the molecule is CCNC1(c2nc(C)c(C)s2)CCc2cc(Br)ccc2C1. The number of nitrogens with one attached hydrogen (secondary N) is 1. The highest BCUT2D eigenvalue weighted by atomic mass is 79.9. The predicted octanol–water partition coefficient (Wildman–Crippen LogP) is 4.52. The molecule has 0 spiro atoms. The summed E-state index contributed by atoms with van der Waals surface area (Å²) in [6.45, 7) is 7.45. The van der Waals surface area contributed by atoms with E-state index in [2.05, 4.69) is 60.2 Å². The summed E-state index contributed by atoms with van der Waals surface area (Å²) >= 11 is 5.44. The van der Waals surface area contributed by atoms with E-state index in [4.69, 9.17) is 4.98 Å². The van der Waals surface area contributed by atoms with Crippen LogP contribution in [0.3, 0.4) is 0 Å². The highest BCUT2D eigenvalue weighted by Crippen LogP contribution is 2.39. The lowest BCUT2D eigenvalue weighted by Crippen LogP contribution is -2.46. The van der Waals surface area contributed by atoms with Gasteiger partial charge in [0.05, 0.1) is 11.2 Å². The minimum Gasteiger partial charge on any atom is -0.305 e. The average molecular weight is 365 g/mol. The van der Waals surface area contributed by atoms with Crippen LogP contribution in [0.25, 0.3) is 0 Å². The molecule has 2 aromatic rings. The highest BCUT2D eigenvalue weighted by molar-refractivity contribution is 9.10. The molecule has 0 fully saturated rings. The Morgan fingerprint density at radius 2 is 2.14 bits per heavy atom. The second-order valence-corrected chi connectivity index (χ2v) is 7.98. The lowest BCUT2D eigenvalue weighted by atomic mass is 9.78. The minimum absolute atomic E-state index is 0.0132. The van der Waals surface area contributed by atoms with E-state index in [0.717, 1.165) is 25.8 Å². The molecule has 0 radical (unpaired) electrons. The minimum atomic E-state index is 0.0132. The number of rotatable bonds is 3. The van der Waals surface area contributed by atoms with Crippen LogP contribution in [0.1, 0.15) is 40.1 Å². The van der Waals surface area contributed by atoms with Gasteiger partial charge in [-0.15, -0.1) is 11.3 Å². The summed E-state index contributed by atoms with van der Waals surface area (Å²) in [5, 5.41) is 5.00. The Kier molecular flexibility index (Phi) is 4.21. The zero-order valence-electron chi connectivity index (χ0n) is 12.8. The maximum Gasteiger partial charge on any atom is 0.114 e. The molecule has 0 bridgehead atoms. The summed E-state index contributed by atoms with van der Waals surface area (Å²) in [6.07, 6.45) is 3.27. The number of aromatic nitrogens is 1. The van der Waals surface area contributed by atoms with Crippen LogP contribution in [-0.2, 0) is 18.4 Å². The van der Waals surface area contributed by atoms with Gasteiger partial charge in [-0.05, 0) is 62.9 Å². The Labute approximate surface area is 139 Å². The molecule has 1 N–H and O–H groups in total. The molecule has 4 heteroatoms. The van der Waals surface area contributed by atoms with Gasteiger partial charge in [0.15, 0.2) is 0 Å². The zero-order valence-corrected chi connectivity index (χ0v) is 15.2. The van der Waals surface area contributed by atoms with Crippen molar-refractivity contribution < 1.29 is 0 Å². The summed E-state index contributed by atoms with van der Waals surface area (Å²) < 4.78 is 1.18. The molecule has 0 aliphatic heterocycles. The van der Waals surface area contributed by atoms with Crippen molar-refractivity contribution in [3.05, 3.63) is 49.4 Å². The summed E-state index contributed by atoms with van der Waals surface area (Å²) in [7, 11) is 0. The molecule has 1 aliphatic carbocycles. The molecule has 1 unspecified atom stereocenters. The van der Waals surface area contributed by atoms with Crippen molar-refractivity contribution in [2.24, 2.45) is 0 Å². The number of fused-ring (bicyclic) bond motifs is 1. The Bertz CT molecular complexity index is 645. The van der Waals surface area contributed by atoms with E-state index in [0.29, 0.717) is 0 Å². The molecule has 1 aliphatic rings. The van der Waals surface area contributed by atoms with E-state index < -0.39 is 0 Å². The fourth-order valence-electron chi connectivity index (χ4n) is 3.19. The van der Waals surface area contributed by atoms with E-state index in [1.165, 1.54) is 31.2 Å². The van der Waals surface area contributed by atoms with Gasteiger partial charge in [0.1, 0.15) is 5.01 Å². The summed E-state index contributed by atoms with van der Waals surface area (Å²) in [6, 6.07) is 6.68. The van der Waals surface area contributed by atoms with Gasteiger partial charge in [-0.3, -0.25) is 0 Å². The monoisotopic (exact) mass is 364 g/mol. The van der Waals surface area contributed by atoms with Gasteiger partial charge >= 0.3 is 0 Å².